The monoisotopic (exact) mass is 272 g/mol. The van der Waals surface area contributed by atoms with Gasteiger partial charge < -0.3 is 11.1 Å². The predicted octanol–water partition coefficient (Wildman–Crippen LogP) is 1.97. The lowest BCUT2D eigenvalue weighted by molar-refractivity contribution is -0.136. The Balaban J connectivity index is 2.22. The van der Waals surface area contributed by atoms with Crippen molar-refractivity contribution in [2.24, 2.45) is 0 Å². The summed E-state index contributed by atoms with van der Waals surface area (Å²) >= 11 is 0. The van der Waals surface area contributed by atoms with E-state index in [1.54, 1.807) is 6.92 Å². The zero-order valence-electron chi connectivity index (χ0n) is 9.86. The maximum absolute atomic E-state index is 12.7. The van der Waals surface area contributed by atoms with Gasteiger partial charge in [-0.15, -0.1) is 10.2 Å². The number of aromatic nitrogens is 4. The Bertz CT molecular complexity index is 551. The van der Waals surface area contributed by atoms with Crippen molar-refractivity contribution in [2.75, 3.05) is 11.1 Å². The number of nitrogens with two attached hydrogens (primary N) is 1. The molecule has 0 aliphatic rings. The van der Waals surface area contributed by atoms with Gasteiger partial charge in [0.05, 0.1) is 11.6 Å². The molecule has 1 aromatic carbocycles. The van der Waals surface area contributed by atoms with Gasteiger partial charge in [-0.2, -0.15) is 18.4 Å². The number of nitrogens with zero attached hydrogens (tertiary/aromatic N) is 3. The summed E-state index contributed by atoms with van der Waals surface area (Å²) in [4.78, 5) is 0. The molecule has 0 radical (unpaired) electrons. The number of alkyl halides is 3. The minimum Gasteiger partial charge on any atom is -0.398 e. The first kappa shape index (κ1) is 13.1. The van der Waals surface area contributed by atoms with Crippen LogP contribution in [0.5, 0.6) is 0 Å². The normalized spacial score (nSPS) is 13.3. The molecule has 0 aliphatic heterocycles. The number of anilines is 2. The van der Waals surface area contributed by atoms with Crippen LogP contribution in [0.4, 0.5) is 24.5 Å². The molecule has 6 nitrogen and oxygen atoms in total. The molecule has 0 aliphatic carbocycles. The number of hydrogen-bond acceptors (Lipinski definition) is 5. The van der Waals surface area contributed by atoms with Gasteiger partial charge in [0.2, 0.25) is 0 Å². The number of tetrazole rings is 1. The fourth-order valence-electron chi connectivity index (χ4n) is 1.56. The Hall–Kier alpha value is -2.32. The fourth-order valence-corrected chi connectivity index (χ4v) is 1.56. The highest BCUT2D eigenvalue weighted by Gasteiger charge is 2.33. The molecule has 0 fully saturated rings. The van der Waals surface area contributed by atoms with E-state index in [0.29, 0.717) is 5.82 Å². The molecular weight excluding hydrogens is 261 g/mol. The maximum Gasteiger partial charge on any atom is 0.418 e. The van der Waals surface area contributed by atoms with Crippen molar-refractivity contribution in [1.29, 1.82) is 0 Å². The van der Waals surface area contributed by atoms with E-state index in [-0.39, 0.29) is 17.4 Å². The standard InChI is InChI=1S/C10H11F3N6/c1-5(9-16-18-19-17-9)15-6-2-3-8(14)7(4-6)10(11,12)13/h2-5,15H,14H2,1H3,(H,16,17,18,19). The number of rotatable bonds is 3. The molecule has 102 valence electrons. The average molecular weight is 272 g/mol. The third-order valence-electron chi connectivity index (χ3n) is 2.49. The van der Waals surface area contributed by atoms with E-state index in [4.69, 9.17) is 5.73 Å². The molecular formula is C10H11F3N6. The maximum atomic E-state index is 12.7. The van der Waals surface area contributed by atoms with Crippen LogP contribution in [-0.4, -0.2) is 20.6 Å². The number of nitrogen functional groups attached to an aromatic ring is 1. The molecule has 1 atom stereocenters. The van der Waals surface area contributed by atoms with Crippen molar-refractivity contribution in [3.8, 4) is 0 Å². The van der Waals surface area contributed by atoms with E-state index < -0.39 is 11.7 Å². The predicted molar refractivity (Wildman–Crippen MR) is 62.1 cm³/mol. The van der Waals surface area contributed by atoms with E-state index in [9.17, 15) is 13.2 Å². The van der Waals surface area contributed by atoms with Crippen molar-refractivity contribution in [2.45, 2.75) is 19.1 Å². The highest BCUT2D eigenvalue weighted by Crippen LogP contribution is 2.35. The van der Waals surface area contributed by atoms with Crippen LogP contribution in [0.3, 0.4) is 0 Å². The highest BCUT2D eigenvalue weighted by molar-refractivity contribution is 5.58. The lowest BCUT2D eigenvalue weighted by atomic mass is 10.1. The van der Waals surface area contributed by atoms with Crippen LogP contribution < -0.4 is 11.1 Å². The molecule has 0 saturated carbocycles. The Morgan fingerprint density at radius 1 is 1.37 bits per heavy atom. The molecule has 0 spiro atoms. The second-order valence-electron chi connectivity index (χ2n) is 3.94. The van der Waals surface area contributed by atoms with Gasteiger partial charge in [-0.3, -0.25) is 0 Å². The molecule has 1 heterocycles. The summed E-state index contributed by atoms with van der Waals surface area (Å²) in [5.74, 6) is 0.352. The van der Waals surface area contributed by atoms with E-state index in [2.05, 4.69) is 25.9 Å². The Kier molecular flexibility index (Phi) is 3.28. The number of H-pyrrole nitrogens is 1. The van der Waals surface area contributed by atoms with Crippen LogP contribution in [0.25, 0.3) is 0 Å². The largest absolute Gasteiger partial charge is 0.418 e. The lowest BCUT2D eigenvalue weighted by Gasteiger charge is -2.15. The molecule has 0 saturated heterocycles. The molecule has 0 bridgehead atoms. The molecule has 9 heteroatoms. The van der Waals surface area contributed by atoms with Crippen LogP contribution in [0.1, 0.15) is 24.4 Å². The van der Waals surface area contributed by atoms with Crippen LogP contribution in [0, 0.1) is 0 Å². The summed E-state index contributed by atoms with van der Waals surface area (Å²) < 4.78 is 38.1. The lowest BCUT2D eigenvalue weighted by Crippen LogP contribution is -2.12. The second-order valence-corrected chi connectivity index (χ2v) is 3.94. The number of nitrogens with one attached hydrogen (secondary N) is 2. The fraction of sp³-hybridized carbons (Fsp3) is 0.300. The van der Waals surface area contributed by atoms with E-state index in [1.807, 2.05) is 0 Å². The first-order valence-electron chi connectivity index (χ1n) is 5.34. The quantitative estimate of drug-likeness (QED) is 0.743. The molecule has 2 rings (SSSR count). The Morgan fingerprint density at radius 3 is 2.68 bits per heavy atom. The molecule has 1 unspecified atom stereocenters. The minimum atomic E-state index is -4.49. The molecule has 0 amide bonds. The summed E-state index contributed by atoms with van der Waals surface area (Å²) in [5.41, 5.74) is 4.40. The van der Waals surface area contributed by atoms with Crippen LogP contribution >= 0.6 is 0 Å². The Morgan fingerprint density at radius 2 is 2.11 bits per heavy atom. The van der Waals surface area contributed by atoms with Gasteiger partial charge in [-0.25, -0.2) is 0 Å². The van der Waals surface area contributed by atoms with Gasteiger partial charge in [0.25, 0.3) is 0 Å². The van der Waals surface area contributed by atoms with Crippen molar-refractivity contribution in [1.82, 2.24) is 20.6 Å². The van der Waals surface area contributed by atoms with E-state index in [0.717, 1.165) is 6.07 Å². The summed E-state index contributed by atoms with van der Waals surface area (Å²) in [7, 11) is 0. The topological polar surface area (TPSA) is 92.5 Å². The summed E-state index contributed by atoms with van der Waals surface area (Å²) in [6.07, 6.45) is -4.49. The number of halogens is 3. The van der Waals surface area contributed by atoms with Gasteiger partial charge in [-0.1, -0.05) is 5.21 Å². The zero-order chi connectivity index (χ0) is 14.0. The van der Waals surface area contributed by atoms with Crippen molar-refractivity contribution >= 4 is 11.4 Å². The minimum absolute atomic E-state index is 0.277. The van der Waals surface area contributed by atoms with Crippen LogP contribution in [0.15, 0.2) is 18.2 Å². The van der Waals surface area contributed by atoms with Crippen LogP contribution in [0.2, 0.25) is 0 Å². The number of aromatic amines is 1. The number of hydrogen-bond donors (Lipinski definition) is 3. The third-order valence-corrected chi connectivity index (χ3v) is 2.49. The van der Waals surface area contributed by atoms with E-state index >= 15 is 0 Å². The molecule has 1 aromatic heterocycles. The average Bonchev–Trinajstić information content (AvgIpc) is 2.83. The van der Waals surface area contributed by atoms with Gasteiger partial charge in [0.15, 0.2) is 5.82 Å². The second kappa shape index (κ2) is 4.75. The van der Waals surface area contributed by atoms with Gasteiger partial charge in [0.1, 0.15) is 0 Å². The molecule has 2 aromatic rings. The van der Waals surface area contributed by atoms with Crippen molar-refractivity contribution < 1.29 is 13.2 Å². The first-order valence-corrected chi connectivity index (χ1v) is 5.34. The molecule has 19 heavy (non-hydrogen) atoms. The zero-order valence-corrected chi connectivity index (χ0v) is 9.86. The van der Waals surface area contributed by atoms with Crippen molar-refractivity contribution in [3.63, 3.8) is 0 Å². The van der Waals surface area contributed by atoms with Gasteiger partial charge in [0, 0.05) is 11.4 Å². The van der Waals surface area contributed by atoms with Crippen molar-refractivity contribution in [3.05, 3.63) is 29.6 Å². The SMILES string of the molecule is CC(Nc1ccc(N)c(C(F)(F)F)c1)c1nn[nH]n1. The highest BCUT2D eigenvalue weighted by atomic mass is 19.4. The van der Waals surface area contributed by atoms with Gasteiger partial charge >= 0.3 is 6.18 Å². The first-order chi connectivity index (χ1) is 8.88. The van der Waals surface area contributed by atoms with E-state index in [1.165, 1.54) is 12.1 Å². The van der Waals surface area contributed by atoms with Gasteiger partial charge in [-0.05, 0) is 25.1 Å². The smallest absolute Gasteiger partial charge is 0.398 e. The summed E-state index contributed by atoms with van der Waals surface area (Å²) in [5, 5.41) is 16.0. The third kappa shape index (κ3) is 2.92. The number of benzene rings is 1. The summed E-state index contributed by atoms with van der Waals surface area (Å²) in [6, 6.07) is 3.23. The molecule has 4 N–H and O–H groups in total. The van der Waals surface area contributed by atoms with Crippen LogP contribution in [-0.2, 0) is 6.18 Å². The Labute approximate surface area is 106 Å². The summed E-state index contributed by atoms with van der Waals surface area (Å²) in [6.45, 7) is 1.70.